The first-order valence-electron chi connectivity index (χ1n) is 6.88. The van der Waals surface area contributed by atoms with Gasteiger partial charge >= 0.3 is 0 Å². The minimum Gasteiger partial charge on any atom is -0.367 e. The topological polar surface area (TPSA) is 65.2 Å². The molecule has 2 unspecified atom stereocenters. The van der Waals surface area contributed by atoms with Gasteiger partial charge < -0.3 is 15.2 Å². The van der Waals surface area contributed by atoms with Crippen LogP contribution in [0.15, 0.2) is 23.3 Å². The summed E-state index contributed by atoms with van der Waals surface area (Å²) in [5.74, 6) is -0.159. The summed E-state index contributed by atoms with van der Waals surface area (Å²) in [5.41, 5.74) is 0.0166. The fourth-order valence-electron chi connectivity index (χ4n) is 2.49. The van der Waals surface area contributed by atoms with Crippen molar-refractivity contribution in [3.8, 4) is 0 Å². The second-order valence-corrected chi connectivity index (χ2v) is 4.96. The van der Waals surface area contributed by atoms with Gasteiger partial charge in [-0.25, -0.2) is 0 Å². The largest absolute Gasteiger partial charge is 0.367 e. The van der Waals surface area contributed by atoms with Gasteiger partial charge in [-0.1, -0.05) is 13.8 Å². The van der Waals surface area contributed by atoms with E-state index in [2.05, 4.69) is 24.1 Å². The fraction of sp³-hybridized carbons (Fsp3) is 0.571. The molecular weight excluding hydrogens is 242 g/mol. The molecule has 19 heavy (non-hydrogen) atoms. The summed E-state index contributed by atoms with van der Waals surface area (Å²) in [7, 11) is 0. The van der Waals surface area contributed by atoms with Gasteiger partial charge in [-0.15, -0.1) is 0 Å². The van der Waals surface area contributed by atoms with Gasteiger partial charge in [0.05, 0.1) is 0 Å². The van der Waals surface area contributed by atoms with Crippen LogP contribution >= 0.6 is 0 Å². The molecule has 0 spiro atoms. The van der Waals surface area contributed by atoms with Crippen LogP contribution in [-0.2, 0) is 0 Å². The molecule has 0 saturated carbocycles. The number of nitrogens with one attached hydrogen (secondary N) is 2. The average Bonchev–Trinajstić information content (AvgIpc) is 2.46. The minimum absolute atomic E-state index is 0.159. The second-order valence-electron chi connectivity index (χ2n) is 4.96. The van der Waals surface area contributed by atoms with Crippen molar-refractivity contribution < 1.29 is 4.79 Å². The summed E-state index contributed by atoms with van der Waals surface area (Å²) in [6, 6.07) is 1.87. The molecule has 2 atom stereocenters. The highest BCUT2D eigenvalue weighted by atomic mass is 16.2. The number of carbonyl (C=O) groups excluding carboxylic acids is 1. The van der Waals surface area contributed by atoms with Crippen LogP contribution in [0.1, 0.15) is 37.0 Å². The summed E-state index contributed by atoms with van der Waals surface area (Å²) >= 11 is 0. The van der Waals surface area contributed by atoms with Crippen molar-refractivity contribution in [3.63, 3.8) is 0 Å². The van der Waals surface area contributed by atoms with Gasteiger partial charge in [0.25, 0.3) is 5.91 Å². The maximum atomic E-state index is 12.5. The van der Waals surface area contributed by atoms with Crippen molar-refractivity contribution in [2.45, 2.75) is 38.8 Å². The van der Waals surface area contributed by atoms with Gasteiger partial charge in [-0.3, -0.25) is 9.59 Å². The van der Waals surface area contributed by atoms with E-state index in [1.165, 1.54) is 12.3 Å². The normalized spacial score (nSPS) is 23.4. The molecule has 2 N–H and O–H groups in total. The van der Waals surface area contributed by atoms with Gasteiger partial charge in [0, 0.05) is 43.6 Å². The Hall–Kier alpha value is -1.62. The highest BCUT2D eigenvalue weighted by Crippen LogP contribution is 2.14. The summed E-state index contributed by atoms with van der Waals surface area (Å²) < 4.78 is 0. The Labute approximate surface area is 113 Å². The average molecular weight is 263 g/mol. The van der Waals surface area contributed by atoms with Crippen molar-refractivity contribution in [2.75, 3.05) is 13.1 Å². The highest BCUT2D eigenvalue weighted by Gasteiger charge is 2.30. The van der Waals surface area contributed by atoms with Crippen LogP contribution < -0.4 is 10.7 Å². The number of carbonyl (C=O) groups is 1. The van der Waals surface area contributed by atoms with Gasteiger partial charge in [-0.2, -0.15) is 0 Å². The second kappa shape index (κ2) is 6.02. The van der Waals surface area contributed by atoms with Crippen LogP contribution in [0.2, 0.25) is 0 Å². The number of nitrogens with zero attached hydrogens (tertiary/aromatic N) is 1. The van der Waals surface area contributed by atoms with Crippen LogP contribution in [-0.4, -0.2) is 41.0 Å². The molecule has 1 saturated heterocycles. The fourth-order valence-corrected chi connectivity index (χ4v) is 2.49. The van der Waals surface area contributed by atoms with Gasteiger partial charge in [-0.05, 0) is 12.8 Å². The van der Waals surface area contributed by atoms with Gasteiger partial charge in [0.1, 0.15) is 5.56 Å². The smallest absolute Gasteiger partial charge is 0.259 e. The number of aromatic amines is 1. The molecule has 0 bridgehead atoms. The molecule has 5 nitrogen and oxygen atoms in total. The van der Waals surface area contributed by atoms with Crippen LogP contribution in [0.5, 0.6) is 0 Å². The third-order valence-electron chi connectivity index (χ3n) is 3.78. The van der Waals surface area contributed by atoms with E-state index >= 15 is 0 Å². The highest BCUT2D eigenvalue weighted by molar-refractivity contribution is 5.94. The van der Waals surface area contributed by atoms with E-state index in [4.69, 9.17) is 0 Å². The molecule has 1 aliphatic rings. The first kappa shape index (κ1) is 13.8. The van der Waals surface area contributed by atoms with Crippen LogP contribution in [0, 0.1) is 0 Å². The van der Waals surface area contributed by atoms with Crippen molar-refractivity contribution >= 4 is 5.91 Å². The molecule has 1 aromatic rings. The summed E-state index contributed by atoms with van der Waals surface area (Å²) in [6.07, 6.45) is 4.91. The molecule has 1 aromatic heterocycles. The molecule has 0 aliphatic carbocycles. The number of hydrogen-bond acceptors (Lipinski definition) is 3. The molecule has 2 rings (SSSR count). The Kier molecular flexibility index (Phi) is 4.37. The molecule has 2 heterocycles. The number of aromatic nitrogens is 1. The first-order valence-corrected chi connectivity index (χ1v) is 6.88. The Bertz CT molecular complexity index is 497. The van der Waals surface area contributed by atoms with E-state index in [-0.39, 0.29) is 22.9 Å². The number of rotatable bonds is 3. The zero-order chi connectivity index (χ0) is 13.8. The molecular formula is C14H21N3O2. The predicted molar refractivity (Wildman–Crippen MR) is 74.3 cm³/mol. The number of amides is 1. The zero-order valence-corrected chi connectivity index (χ0v) is 11.5. The van der Waals surface area contributed by atoms with E-state index in [0.717, 1.165) is 19.4 Å². The zero-order valence-electron chi connectivity index (χ0n) is 11.5. The lowest BCUT2D eigenvalue weighted by Crippen LogP contribution is -2.58. The molecule has 0 radical (unpaired) electrons. The third-order valence-corrected chi connectivity index (χ3v) is 3.78. The Morgan fingerprint density at radius 1 is 1.42 bits per heavy atom. The van der Waals surface area contributed by atoms with Crippen molar-refractivity contribution in [1.29, 1.82) is 0 Å². The van der Waals surface area contributed by atoms with Crippen molar-refractivity contribution in [2.24, 2.45) is 0 Å². The third kappa shape index (κ3) is 2.87. The van der Waals surface area contributed by atoms with Gasteiger partial charge in [0.2, 0.25) is 0 Å². The molecule has 1 amide bonds. The van der Waals surface area contributed by atoms with E-state index in [0.29, 0.717) is 12.6 Å². The predicted octanol–water partition coefficient (Wildman–Crippen LogP) is 0.978. The SMILES string of the molecule is CCC1CN(C(=O)c2c[nH]ccc2=O)C(CC)CN1. The molecule has 104 valence electrons. The molecule has 1 fully saturated rings. The quantitative estimate of drug-likeness (QED) is 0.854. The number of H-pyrrole nitrogens is 1. The Morgan fingerprint density at radius 2 is 2.21 bits per heavy atom. The monoisotopic (exact) mass is 263 g/mol. The summed E-state index contributed by atoms with van der Waals surface area (Å²) in [6.45, 7) is 5.63. The Balaban J connectivity index is 2.24. The molecule has 5 heteroatoms. The summed E-state index contributed by atoms with van der Waals surface area (Å²) in [4.78, 5) is 29.0. The number of pyridine rings is 1. The maximum absolute atomic E-state index is 12.5. The van der Waals surface area contributed by atoms with Crippen molar-refractivity contribution in [3.05, 3.63) is 34.2 Å². The molecule has 0 aromatic carbocycles. The molecule has 1 aliphatic heterocycles. The first-order chi connectivity index (χ1) is 9.17. The van der Waals surface area contributed by atoms with Crippen LogP contribution in [0.3, 0.4) is 0 Å². The van der Waals surface area contributed by atoms with Crippen LogP contribution in [0.25, 0.3) is 0 Å². The lowest BCUT2D eigenvalue weighted by Gasteiger charge is -2.39. The maximum Gasteiger partial charge on any atom is 0.259 e. The lowest BCUT2D eigenvalue weighted by atomic mass is 10.0. The van der Waals surface area contributed by atoms with E-state index in [1.807, 2.05) is 4.90 Å². The van der Waals surface area contributed by atoms with Crippen molar-refractivity contribution in [1.82, 2.24) is 15.2 Å². The lowest BCUT2D eigenvalue weighted by molar-refractivity contribution is 0.0574. The standard InChI is InChI=1S/C14H21N3O2/c1-3-10-9-17(11(4-2)7-16-10)14(19)12-8-15-6-5-13(12)18/h5-6,8,10-11,16H,3-4,7,9H2,1-2H3,(H,15,18). The van der Waals surface area contributed by atoms with E-state index in [1.54, 1.807) is 6.20 Å². The minimum atomic E-state index is -0.217. The number of piperazine rings is 1. The Morgan fingerprint density at radius 3 is 2.84 bits per heavy atom. The van der Waals surface area contributed by atoms with Gasteiger partial charge in [0.15, 0.2) is 5.43 Å². The number of hydrogen-bond donors (Lipinski definition) is 2. The van der Waals surface area contributed by atoms with E-state index < -0.39 is 0 Å². The summed E-state index contributed by atoms with van der Waals surface area (Å²) in [5, 5.41) is 3.44. The van der Waals surface area contributed by atoms with E-state index in [9.17, 15) is 9.59 Å². The van der Waals surface area contributed by atoms with Crippen LogP contribution in [0.4, 0.5) is 0 Å².